The predicted molar refractivity (Wildman–Crippen MR) is 94.6 cm³/mol. The number of fused-ring (bicyclic) bond motifs is 2. The summed E-state index contributed by atoms with van der Waals surface area (Å²) >= 11 is 0. The van der Waals surface area contributed by atoms with Gasteiger partial charge in [-0.3, -0.25) is 4.90 Å². The van der Waals surface area contributed by atoms with Gasteiger partial charge >= 0.3 is 0 Å². The van der Waals surface area contributed by atoms with Crippen LogP contribution in [0.4, 0.5) is 0 Å². The second-order valence-corrected chi connectivity index (χ2v) is 6.51. The highest BCUT2D eigenvalue weighted by Gasteiger charge is 2.29. The summed E-state index contributed by atoms with van der Waals surface area (Å²) in [6.07, 6.45) is 1.85. The molecular formula is C20H23NO4. The average molecular weight is 341 g/mol. The van der Waals surface area contributed by atoms with Gasteiger partial charge in [-0.25, -0.2) is 0 Å². The van der Waals surface area contributed by atoms with Crippen molar-refractivity contribution < 1.29 is 19.3 Å². The van der Waals surface area contributed by atoms with E-state index >= 15 is 0 Å². The SMILES string of the molecule is CCN1CCc2cc3c(cc2C1Cc1ccc(OC)c(O)c1)OCO3. The molecule has 132 valence electrons. The van der Waals surface area contributed by atoms with Crippen LogP contribution >= 0.6 is 0 Å². The Hall–Kier alpha value is -2.40. The lowest BCUT2D eigenvalue weighted by Gasteiger charge is -2.37. The number of nitrogens with zero attached hydrogens (tertiary/aromatic N) is 1. The molecule has 1 unspecified atom stereocenters. The van der Waals surface area contributed by atoms with Crippen LogP contribution < -0.4 is 14.2 Å². The topological polar surface area (TPSA) is 51.2 Å². The van der Waals surface area contributed by atoms with Gasteiger partial charge in [-0.05, 0) is 60.3 Å². The Bertz CT molecular complexity index is 790. The van der Waals surface area contributed by atoms with E-state index in [-0.39, 0.29) is 11.8 Å². The molecule has 0 aromatic heterocycles. The third kappa shape index (κ3) is 2.89. The number of phenols is 1. The van der Waals surface area contributed by atoms with Crippen molar-refractivity contribution in [2.24, 2.45) is 0 Å². The summed E-state index contributed by atoms with van der Waals surface area (Å²) < 4.78 is 16.3. The van der Waals surface area contributed by atoms with E-state index < -0.39 is 0 Å². The van der Waals surface area contributed by atoms with Gasteiger partial charge in [-0.2, -0.15) is 0 Å². The van der Waals surface area contributed by atoms with Crippen molar-refractivity contribution in [3.8, 4) is 23.0 Å². The van der Waals surface area contributed by atoms with Gasteiger partial charge in [0.15, 0.2) is 23.0 Å². The molecule has 1 N–H and O–H groups in total. The molecule has 0 spiro atoms. The summed E-state index contributed by atoms with van der Waals surface area (Å²) in [4.78, 5) is 2.48. The standard InChI is InChI=1S/C20H23NO4/c1-3-21-7-6-14-10-19-20(25-12-24-19)11-15(14)16(21)8-13-4-5-18(23-2)17(22)9-13/h4-5,9-11,16,22H,3,6-8,12H2,1-2H3. The van der Waals surface area contributed by atoms with Crippen molar-refractivity contribution in [1.29, 1.82) is 0 Å². The van der Waals surface area contributed by atoms with Crippen molar-refractivity contribution in [1.82, 2.24) is 4.90 Å². The molecule has 0 saturated carbocycles. The third-order valence-electron chi connectivity index (χ3n) is 5.18. The normalized spacial score (nSPS) is 18.9. The number of benzene rings is 2. The zero-order valence-electron chi connectivity index (χ0n) is 14.6. The minimum atomic E-state index is 0.185. The number of methoxy groups -OCH3 is 1. The third-order valence-corrected chi connectivity index (χ3v) is 5.18. The van der Waals surface area contributed by atoms with Crippen LogP contribution in [0.1, 0.15) is 29.7 Å². The lowest BCUT2D eigenvalue weighted by atomic mass is 9.88. The molecule has 0 radical (unpaired) electrons. The van der Waals surface area contributed by atoms with Gasteiger partial charge in [0.25, 0.3) is 0 Å². The summed E-state index contributed by atoms with van der Waals surface area (Å²) in [7, 11) is 1.56. The minimum absolute atomic E-state index is 0.185. The van der Waals surface area contributed by atoms with Crippen molar-refractivity contribution >= 4 is 0 Å². The molecule has 2 aliphatic rings. The van der Waals surface area contributed by atoms with Crippen LogP contribution in [0, 0.1) is 0 Å². The van der Waals surface area contributed by atoms with Crippen LogP contribution in [-0.4, -0.2) is 37.0 Å². The molecule has 0 fully saturated rings. The van der Waals surface area contributed by atoms with E-state index in [4.69, 9.17) is 14.2 Å². The van der Waals surface area contributed by atoms with Crippen molar-refractivity contribution in [2.45, 2.75) is 25.8 Å². The smallest absolute Gasteiger partial charge is 0.231 e. The predicted octanol–water partition coefficient (Wildman–Crippen LogP) is 3.29. The Balaban J connectivity index is 1.69. The lowest BCUT2D eigenvalue weighted by molar-refractivity contribution is 0.173. The Morgan fingerprint density at radius 1 is 1.20 bits per heavy atom. The Labute approximate surface area is 147 Å². The molecule has 2 aromatic carbocycles. The highest BCUT2D eigenvalue weighted by atomic mass is 16.7. The number of hydrogen-bond acceptors (Lipinski definition) is 5. The van der Waals surface area contributed by atoms with Crippen LogP contribution in [0.5, 0.6) is 23.0 Å². The summed E-state index contributed by atoms with van der Waals surface area (Å²) in [6.45, 7) is 4.50. The minimum Gasteiger partial charge on any atom is -0.504 e. The molecule has 4 rings (SSSR count). The monoisotopic (exact) mass is 341 g/mol. The molecule has 2 aliphatic heterocycles. The average Bonchev–Trinajstić information content (AvgIpc) is 3.08. The van der Waals surface area contributed by atoms with Crippen LogP contribution in [-0.2, 0) is 12.8 Å². The molecule has 2 aromatic rings. The Morgan fingerprint density at radius 2 is 2.00 bits per heavy atom. The van der Waals surface area contributed by atoms with E-state index in [0.29, 0.717) is 12.5 Å². The molecule has 0 saturated heterocycles. The first-order valence-corrected chi connectivity index (χ1v) is 8.72. The Kier molecular flexibility index (Phi) is 4.17. The van der Waals surface area contributed by atoms with Gasteiger partial charge < -0.3 is 19.3 Å². The van der Waals surface area contributed by atoms with Gasteiger partial charge in [-0.15, -0.1) is 0 Å². The molecule has 0 amide bonds. The van der Waals surface area contributed by atoms with Gasteiger partial charge in [0.05, 0.1) is 7.11 Å². The van der Waals surface area contributed by atoms with Gasteiger partial charge in [0.2, 0.25) is 6.79 Å². The number of phenolic OH excluding ortho intramolecular Hbond substituents is 1. The first-order chi connectivity index (χ1) is 12.2. The van der Waals surface area contributed by atoms with Crippen LogP contribution in [0.25, 0.3) is 0 Å². The van der Waals surface area contributed by atoms with Crippen molar-refractivity contribution in [2.75, 3.05) is 27.0 Å². The van der Waals surface area contributed by atoms with E-state index in [1.807, 2.05) is 12.1 Å². The number of hydrogen-bond donors (Lipinski definition) is 1. The number of ether oxygens (including phenoxy) is 3. The Morgan fingerprint density at radius 3 is 2.72 bits per heavy atom. The zero-order valence-corrected chi connectivity index (χ0v) is 14.6. The number of aromatic hydroxyl groups is 1. The fourth-order valence-electron chi connectivity index (χ4n) is 3.85. The quantitative estimate of drug-likeness (QED) is 0.925. The van der Waals surface area contributed by atoms with E-state index in [1.165, 1.54) is 11.1 Å². The maximum absolute atomic E-state index is 10.1. The van der Waals surface area contributed by atoms with E-state index in [0.717, 1.165) is 43.0 Å². The number of likely N-dealkylation sites (N-methyl/N-ethyl adjacent to an activating group) is 1. The summed E-state index contributed by atoms with van der Waals surface area (Å²) in [5.41, 5.74) is 3.72. The molecule has 2 heterocycles. The zero-order chi connectivity index (χ0) is 17.4. The second kappa shape index (κ2) is 6.48. The largest absolute Gasteiger partial charge is 0.504 e. The number of rotatable bonds is 4. The van der Waals surface area contributed by atoms with Crippen LogP contribution in [0.15, 0.2) is 30.3 Å². The highest BCUT2D eigenvalue weighted by Crippen LogP contribution is 2.41. The fraction of sp³-hybridized carbons (Fsp3) is 0.400. The van der Waals surface area contributed by atoms with E-state index in [2.05, 4.69) is 24.0 Å². The van der Waals surface area contributed by atoms with Crippen LogP contribution in [0.2, 0.25) is 0 Å². The first-order valence-electron chi connectivity index (χ1n) is 8.72. The summed E-state index contributed by atoms with van der Waals surface area (Å²) in [6, 6.07) is 10.2. The van der Waals surface area contributed by atoms with Crippen molar-refractivity contribution in [3.63, 3.8) is 0 Å². The molecule has 0 bridgehead atoms. The second-order valence-electron chi connectivity index (χ2n) is 6.51. The molecule has 5 nitrogen and oxygen atoms in total. The molecule has 5 heteroatoms. The maximum Gasteiger partial charge on any atom is 0.231 e. The molecule has 25 heavy (non-hydrogen) atoms. The van der Waals surface area contributed by atoms with Crippen molar-refractivity contribution in [3.05, 3.63) is 47.0 Å². The van der Waals surface area contributed by atoms with Gasteiger partial charge in [0.1, 0.15) is 0 Å². The fourth-order valence-corrected chi connectivity index (χ4v) is 3.85. The lowest BCUT2D eigenvalue weighted by Crippen LogP contribution is -2.36. The first kappa shape index (κ1) is 16.1. The maximum atomic E-state index is 10.1. The van der Waals surface area contributed by atoms with Gasteiger partial charge in [-0.1, -0.05) is 13.0 Å². The van der Waals surface area contributed by atoms with E-state index in [1.54, 1.807) is 13.2 Å². The van der Waals surface area contributed by atoms with Gasteiger partial charge in [0, 0.05) is 12.6 Å². The molecule has 1 atom stereocenters. The van der Waals surface area contributed by atoms with E-state index in [9.17, 15) is 5.11 Å². The summed E-state index contributed by atoms with van der Waals surface area (Å²) in [5, 5.41) is 10.1. The van der Waals surface area contributed by atoms with Crippen LogP contribution in [0.3, 0.4) is 0 Å². The molecule has 0 aliphatic carbocycles. The summed E-state index contributed by atoms with van der Waals surface area (Å²) in [5.74, 6) is 2.37. The molecular weight excluding hydrogens is 318 g/mol. The highest BCUT2D eigenvalue weighted by molar-refractivity contribution is 5.51.